The zero-order valence-electron chi connectivity index (χ0n) is 12.3. The van der Waals surface area contributed by atoms with Crippen LogP contribution in [0.3, 0.4) is 0 Å². The number of allylic oxidation sites excluding steroid dienone is 1. The Kier molecular flexibility index (Phi) is 5.44. The minimum atomic E-state index is -0.232. The molecule has 0 amide bonds. The number of ketones is 1. The molecule has 1 aliphatic heterocycles. The topological polar surface area (TPSA) is 46.6 Å². The third-order valence-corrected chi connectivity index (χ3v) is 4.40. The molecular formula is C16H19NO3S. The van der Waals surface area contributed by atoms with Crippen molar-refractivity contribution in [3.8, 4) is 5.75 Å². The Morgan fingerprint density at radius 3 is 2.33 bits per heavy atom. The number of hydrogen-bond acceptors (Lipinski definition) is 5. The summed E-state index contributed by atoms with van der Waals surface area (Å²) in [5.41, 5.74) is 0.748. The van der Waals surface area contributed by atoms with Gasteiger partial charge in [-0.2, -0.15) is 0 Å². The monoisotopic (exact) mass is 305 g/mol. The number of carbonyl (C=O) groups excluding carboxylic acids is 2. The fourth-order valence-electron chi connectivity index (χ4n) is 2.43. The van der Waals surface area contributed by atoms with E-state index in [1.807, 2.05) is 6.26 Å². The van der Waals surface area contributed by atoms with Crippen molar-refractivity contribution in [3.63, 3.8) is 0 Å². The summed E-state index contributed by atoms with van der Waals surface area (Å²) in [5, 5.41) is 0.781. The summed E-state index contributed by atoms with van der Waals surface area (Å²) < 4.78 is 5.08. The van der Waals surface area contributed by atoms with Crippen molar-refractivity contribution in [1.82, 2.24) is 4.90 Å². The van der Waals surface area contributed by atoms with Crippen LogP contribution in [0.1, 0.15) is 23.2 Å². The van der Waals surface area contributed by atoms with Gasteiger partial charge < -0.3 is 9.64 Å². The zero-order valence-corrected chi connectivity index (χ0v) is 13.1. The van der Waals surface area contributed by atoms with Gasteiger partial charge in [0, 0.05) is 18.7 Å². The predicted octanol–water partition coefficient (Wildman–Crippen LogP) is 2.75. The fraction of sp³-hybridized carbons (Fsp3) is 0.375. The molecule has 1 heterocycles. The number of ether oxygens (including phenoxy) is 1. The van der Waals surface area contributed by atoms with Crippen molar-refractivity contribution in [2.75, 3.05) is 26.5 Å². The van der Waals surface area contributed by atoms with Crippen LogP contribution in [-0.4, -0.2) is 43.4 Å². The summed E-state index contributed by atoms with van der Waals surface area (Å²) in [4.78, 5) is 26.1. The quantitative estimate of drug-likeness (QED) is 0.266. The average Bonchev–Trinajstić information content (AvgIpc) is 3.06. The summed E-state index contributed by atoms with van der Waals surface area (Å²) >= 11 is 1.46. The second-order valence-electron chi connectivity index (χ2n) is 4.79. The maximum atomic E-state index is 12.6. The van der Waals surface area contributed by atoms with Gasteiger partial charge in [0.1, 0.15) is 5.75 Å². The number of Topliss-reactive ketones (excluding diaryl/α,β-unsaturated/α-hetero) is 1. The van der Waals surface area contributed by atoms with Gasteiger partial charge in [-0.3, -0.25) is 9.59 Å². The van der Waals surface area contributed by atoms with Crippen LogP contribution < -0.4 is 4.74 Å². The van der Waals surface area contributed by atoms with Gasteiger partial charge in [0.25, 0.3) is 0 Å². The molecule has 0 saturated carbocycles. The number of thioether (sulfide) groups is 1. The van der Waals surface area contributed by atoms with Crippen LogP contribution in [0.5, 0.6) is 5.75 Å². The van der Waals surface area contributed by atoms with Crippen molar-refractivity contribution in [1.29, 1.82) is 0 Å². The maximum Gasteiger partial charge on any atom is 0.198 e. The molecule has 4 nitrogen and oxygen atoms in total. The lowest BCUT2D eigenvalue weighted by molar-refractivity contribution is -0.104. The van der Waals surface area contributed by atoms with Crippen molar-refractivity contribution in [2.45, 2.75) is 12.8 Å². The number of carbonyl (C=O) groups is 2. The molecule has 0 radical (unpaired) electrons. The third kappa shape index (κ3) is 3.47. The van der Waals surface area contributed by atoms with E-state index in [0.717, 1.165) is 31.0 Å². The Morgan fingerprint density at radius 1 is 1.24 bits per heavy atom. The number of benzene rings is 1. The lowest BCUT2D eigenvalue weighted by atomic mass is 10.0. The van der Waals surface area contributed by atoms with Gasteiger partial charge in [-0.15, -0.1) is 11.8 Å². The van der Waals surface area contributed by atoms with E-state index in [1.165, 1.54) is 11.8 Å². The standard InChI is InChI=1S/C16H19NO3S/c1-20-13-7-5-12(6-8-13)15(19)14(11-18)16(21-2)17-9-3-4-10-17/h5-8,11H,3-4,9-10H2,1-2H3/b16-14-. The molecule has 0 aliphatic carbocycles. The molecule has 0 bridgehead atoms. The molecule has 21 heavy (non-hydrogen) atoms. The molecule has 112 valence electrons. The second-order valence-corrected chi connectivity index (χ2v) is 5.59. The molecule has 0 unspecified atom stereocenters. The molecule has 1 aliphatic rings. The first-order valence-corrected chi connectivity index (χ1v) is 8.11. The Hall–Kier alpha value is -1.75. The number of aldehydes is 1. The smallest absolute Gasteiger partial charge is 0.198 e. The molecular weight excluding hydrogens is 286 g/mol. The van der Waals surface area contributed by atoms with Crippen LogP contribution in [0.25, 0.3) is 0 Å². The Morgan fingerprint density at radius 2 is 1.86 bits per heavy atom. The largest absolute Gasteiger partial charge is 0.497 e. The van der Waals surface area contributed by atoms with Crippen molar-refractivity contribution in [2.24, 2.45) is 0 Å². The highest BCUT2D eigenvalue weighted by Crippen LogP contribution is 2.27. The normalized spacial score (nSPS) is 15.6. The van der Waals surface area contributed by atoms with Crippen LogP contribution in [0.2, 0.25) is 0 Å². The summed E-state index contributed by atoms with van der Waals surface area (Å²) in [7, 11) is 1.58. The van der Waals surface area contributed by atoms with E-state index >= 15 is 0 Å². The van der Waals surface area contributed by atoms with Gasteiger partial charge >= 0.3 is 0 Å². The minimum absolute atomic E-state index is 0.232. The van der Waals surface area contributed by atoms with Gasteiger partial charge in [0.15, 0.2) is 12.1 Å². The lowest BCUT2D eigenvalue weighted by Gasteiger charge is -2.21. The van der Waals surface area contributed by atoms with E-state index in [-0.39, 0.29) is 11.4 Å². The van der Waals surface area contributed by atoms with E-state index in [4.69, 9.17) is 4.74 Å². The number of likely N-dealkylation sites (tertiary alicyclic amines) is 1. The molecule has 0 atom stereocenters. The number of nitrogens with zero attached hydrogens (tertiary/aromatic N) is 1. The molecule has 5 heteroatoms. The highest BCUT2D eigenvalue weighted by atomic mass is 32.2. The molecule has 1 aromatic rings. The van der Waals surface area contributed by atoms with Crippen LogP contribution in [0.15, 0.2) is 34.9 Å². The predicted molar refractivity (Wildman–Crippen MR) is 84.7 cm³/mol. The van der Waals surface area contributed by atoms with Gasteiger partial charge in [-0.25, -0.2) is 0 Å². The van der Waals surface area contributed by atoms with Gasteiger partial charge in [0.2, 0.25) is 0 Å². The summed E-state index contributed by atoms with van der Waals surface area (Å²) in [5.74, 6) is 0.455. The first-order chi connectivity index (χ1) is 10.2. The first-order valence-electron chi connectivity index (χ1n) is 6.88. The van der Waals surface area contributed by atoms with E-state index in [0.29, 0.717) is 17.6 Å². The second kappa shape index (κ2) is 7.31. The summed E-state index contributed by atoms with van der Waals surface area (Å²) in [6, 6.07) is 6.83. The number of rotatable bonds is 6. The number of hydrogen-bond donors (Lipinski definition) is 0. The Labute approximate surface area is 129 Å². The molecule has 1 fully saturated rings. The summed E-state index contributed by atoms with van der Waals surface area (Å²) in [6.45, 7) is 1.81. The van der Waals surface area contributed by atoms with Crippen LogP contribution in [-0.2, 0) is 4.79 Å². The number of methoxy groups -OCH3 is 1. The van der Waals surface area contributed by atoms with Gasteiger partial charge in [0.05, 0.1) is 17.7 Å². The minimum Gasteiger partial charge on any atom is -0.497 e. The van der Waals surface area contributed by atoms with Crippen LogP contribution >= 0.6 is 11.8 Å². The third-order valence-electron chi connectivity index (χ3n) is 3.53. The van der Waals surface area contributed by atoms with Crippen LogP contribution in [0, 0.1) is 0 Å². The van der Waals surface area contributed by atoms with Gasteiger partial charge in [-0.1, -0.05) is 0 Å². The SMILES string of the molecule is COc1ccc(C(=O)/C(C=O)=C(\SC)N2CCCC2)cc1. The molecule has 1 aromatic carbocycles. The lowest BCUT2D eigenvalue weighted by Crippen LogP contribution is -2.21. The molecule has 0 N–H and O–H groups in total. The summed E-state index contributed by atoms with van der Waals surface area (Å²) in [6.07, 6.45) is 4.79. The van der Waals surface area contributed by atoms with E-state index in [9.17, 15) is 9.59 Å². The first kappa shape index (κ1) is 15.6. The van der Waals surface area contributed by atoms with Gasteiger partial charge in [-0.05, 0) is 43.4 Å². The zero-order chi connectivity index (χ0) is 15.2. The fourth-order valence-corrected chi connectivity index (χ4v) is 3.23. The van der Waals surface area contributed by atoms with Crippen molar-refractivity contribution < 1.29 is 14.3 Å². The average molecular weight is 305 g/mol. The van der Waals surface area contributed by atoms with E-state index in [2.05, 4.69) is 4.90 Å². The Balaban J connectivity index is 2.33. The molecule has 2 rings (SSSR count). The van der Waals surface area contributed by atoms with E-state index in [1.54, 1.807) is 31.4 Å². The Bertz CT molecular complexity index is 545. The molecule has 0 aromatic heterocycles. The van der Waals surface area contributed by atoms with E-state index < -0.39 is 0 Å². The molecule has 0 spiro atoms. The molecule has 1 saturated heterocycles. The van der Waals surface area contributed by atoms with Crippen molar-refractivity contribution in [3.05, 3.63) is 40.4 Å². The maximum absolute atomic E-state index is 12.6. The highest BCUT2D eigenvalue weighted by molar-refractivity contribution is 8.02. The van der Waals surface area contributed by atoms with Crippen molar-refractivity contribution >= 4 is 23.8 Å². The highest BCUT2D eigenvalue weighted by Gasteiger charge is 2.22. The van der Waals surface area contributed by atoms with Crippen LogP contribution in [0.4, 0.5) is 0 Å².